The molecule has 2 aliphatic rings. The molecule has 2 aliphatic heterocycles. The molecule has 2 rings (SSSR count). The van der Waals surface area contributed by atoms with Crippen molar-refractivity contribution in [1.82, 2.24) is 10.6 Å². The maximum Gasteiger partial charge on any atom is 0.222 e. The topological polar surface area (TPSA) is 98.7 Å². The minimum absolute atomic E-state index is 0.0486. The lowest BCUT2D eigenvalue weighted by Crippen LogP contribution is -2.14. The zero-order valence-electron chi connectivity index (χ0n) is 7.69. The molecule has 2 heterocycles. The Hall–Kier alpha value is -1.14. The number of rotatable bonds is 0. The van der Waals surface area contributed by atoms with Crippen LogP contribution in [-0.2, 0) is 9.59 Å². The molecule has 0 unspecified atom stereocenters. The molecule has 0 aromatic heterocycles. The predicted octanol–water partition coefficient (Wildman–Crippen LogP) is -2.27. The molecule has 4 N–H and O–H groups in total. The summed E-state index contributed by atoms with van der Waals surface area (Å²) in [7, 11) is 0. The molecule has 0 radical (unpaired) electrons. The van der Waals surface area contributed by atoms with Gasteiger partial charge in [-0.3, -0.25) is 9.59 Å². The Morgan fingerprint density at radius 3 is 1.36 bits per heavy atom. The molecule has 0 aromatic rings. The molecule has 80 valence electrons. The number of hydrogen-bond acceptors (Lipinski definition) is 4. The van der Waals surface area contributed by atoms with Crippen LogP contribution in [0.25, 0.3) is 0 Å². The van der Waals surface area contributed by atoms with E-state index < -0.39 is 12.2 Å². The van der Waals surface area contributed by atoms with Gasteiger partial charge in [-0.1, -0.05) is 0 Å². The van der Waals surface area contributed by atoms with Crippen molar-refractivity contribution in [3.05, 3.63) is 0 Å². The fourth-order valence-electron chi connectivity index (χ4n) is 1.18. The molecular formula is C8H14N2O4. The first-order valence-electron chi connectivity index (χ1n) is 4.47. The van der Waals surface area contributed by atoms with Crippen LogP contribution in [0.2, 0.25) is 0 Å². The summed E-state index contributed by atoms with van der Waals surface area (Å²) >= 11 is 0. The van der Waals surface area contributed by atoms with Gasteiger partial charge in [0.15, 0.2) is 0 Å². The quantitative estimate of drug-likeness (QED) is 0.356. The van der Waals surface area contributed by atoms with Crippen molar-refractivity contribution in [3.8, 4) is 0 Å². The van der Waals surface area contributed by atoms with E-state index in [1.165, 1.54) is 0 Å². The van der Waals surface area contributed by atoms with Crippen LogP contribution in [0.1, 0.15) is 12.8 Å². The summed E-state index contributed by atoms with van der Waals surface area (Å²) in [6, 6.07) is 0. The van der Waals surface area contributed by atoms with Crippen molar-refractivity contribution < 1.29 is 19.8 Å². The zero-order chi connectivity index (χ0) is 10.6. The second-order valence-corrected chi connectivity index (χ2v) is 3.32. The van der Waals surface area contributed by atoms with E-state index in [-0.39, 0.29) is 24.7 Å². The monoisotopic (exact) mass is 202 g/mol. The van der Waals surface area contributed by atoms with Crippen LogP contribution in [0.3, 0.4) is 0 Å². The van der Waals surface area contributed by atoms with Gasteiger partial charge < -0.3 is 20.8 Å². The van der Waals surface area contributed by atoms with Crippen LogP contribution in [0, 0.1) is 0 Å². The molecule has 6 heteroatoms. The van der Waals surface area contributed by atoms with E-state index >= 15 is 0 Å². The average Bonchev–Trinajstić information content (AvgIpc) is 2.63. The molecule has 0 aliphatic carbocycles. The van der Waals surface area contributed by atoms with Crippen molar-refractivity contribution in [2.45, 2.75) is 25.0 Å². The summed E-state index contributed by atoms with van der Waals surface area (Å²) in [6.45, 7) is 0.859. The van der Waals surface area contributed by atoms with Gasteiger partial charge in [-0.2, -0.15) is 0 Å². The normalized spacial score (nSPS) is 30.4. The Morgan fingerprint density at radius 2 is 1.29 bits per heavy atom. The average molecular weight is 202 g/mol. The minimum atomic E-state index is -0.438. The number of aliphatic hydroxyl groups is 2. The number of amides is 2. The second kappa shape index (κ2) is 4.92. The molecule has 0 saturated carbocycles. The maximum atomic E-state index is 10.2. The third-order valence-corrected chi connectivity index (χ3v) is 1.91. The molecule has 14 heavy (non-hydrogen) atoms. The van der Waals surface area contributed by atoms with Crippen LogP contribution in [-0.4, -0.2) is 47.3 Å². The van der Waals surface area contributed by atoms with E-state index in [2.05, 4.69) is 10.6 Å². The molecule has 2 amide bonds. The van der Waals surface area contributed by atoms with E-state index in [0.29, 0.717) is 13.1 Å². The highest BCUT2D eigenvalue weighted by atomic mass is 16.3. The van der Waals surface area contributed by atoms with Crippen LogP contribution in [0.4, 0.5) is 0 Å². The Bertz CT molecular complexity index is 207. The van der Waals surface area contributed by atoms with Crippen molar-refractivity contribution >= 4 is 11.8 Å². The molecule has 2 fully saturated rings. The number of carbonyl (C=O) groups excluding carboxylic acids is 2. The minimum Gasteiger partial charge on any atom is -0.391 e. The molecule has 0 aromatic carbocycles. The summed E-state index contributed by atoms with van der Waals surface area (Å²) in [6.07, 6.45) is -0.319. The molecule has 0 spiro atoms. The Kier molecular flexibility index (Phi) is 3.84. The number of hydrogen-bond donors (Lipinski definition) is 4. The number of carbonyl (C=O) groups is 2. The fraction of sp³-hybridized carbons (Fsp3) is 0.750. The molecule has 6 nitrogen and oxygen atoms in total. The highest BCUT2D eigenvalue weighted by molar-refractivity contribution is 5.78. The van der Waals surface area contributed by atoms with Crippen LogP contribution >= 0.6 is 0 Å². The van der Waals surface area contributed by atoms with Gasteiger partial charge >= 0.3 is 0 Å². The summed E-state index contributed by atoms with van der Waals surface area (Å²) in [5.41, 5.74) is 0. The zero-order valence-corrected chi connectivity index (χ0v) is 7.69. The lowest BCUT2D eigenvalue weighted by Gasteiger charge is -1.89. The first-order chi connectivity index (χ1) is 6.58. The van der Waals surface area contributed by atoms with E-state index in [1.807, 2.05) is 0 Å². The third-order valence-electron chi connectivity index (χ3n) is 1.91. The number of aliphatic hydroxyl groups excluding tert-OH is 2. The van der Waals surface area contributed by atoms with E-state index in [4.69, 9.17) is 10.2 Å². The lowest BCUT2D eigenvalue weighted by molar-refractivity contribution is -0.120. The van der Waals surface area contributed by atoms with E-state index in [1.54, 1.807) is 0 Å². The highest BCUT2D eigenvalue weighted by Gasteiger charge is 2.17. The summed E-state index contributed by atoms with van der Waals surface area (Å²) < 4.78 is 0. The molecule has 2 saturated heterocycles. The Labute approximate surface area is 81.3 Å². The van der Waals surface area contributed by atoms with Gasteiger partial charge in [-0.15, -0.1) is 0 Å². The molecule has 2 atom stereocenters. The van der Waals surface area contributed by atoms with Gasteiger partial charge in [-0.25, -0.2) is 0 Å². The van der Waals surface area contributed by atoms with Crippen molar-refractivity contribution in [2.75, 3.05) is 13.1 Å². The molecular weight excluding hydrogens is 188 g/mol. The first-order valence-corrected chi connectivity index (χ1v) is 4.47. The van der Waals surface area contributed by atoms with Crippen LogP contribution in [0.15, 0.2) is 0 Å². The van der Waals surface area contributed by atoms with Crippen molar-refractivity contribution in [2.24, 2.45) is 0 Å². The van der Waals surface area contributed by atoms with Crippen molar-refractivity contribution in [3.63, 3.8) is 0 Å². The van der Waals surface area contributed by atoms with Gasteiger partial charge in [-0.05, 0) is 0 Å². The van der Waals surface area contributed by atoms with Gasteiger partial charge in [0.1, 0.15) is 0 Å². The Morgan fingerprint density at radius 1 is 0.929 bits per heavy atom. The summed E-state index contributed by atoms with van der Waals surface area (Å²) in [5.74, 6) is -0.0972. The highest BCUT2D eigenvalue weighted by Crippen LogP contribution is 1.96. The van der Waals surface area contributed by atoms with Gasteiger partial charge in [0.25, 0.3) is 0 Å². The number of β-amino-alcohol motifs (C(OH)–C–C–N with tert-alkyl or cyclic N) is 2. The van der Waals surface area contributed by atoms with E-state index in [0.717, 1.165) is 0 Å². The third kappa shape index (κ3) is 3.71. The van der Waals surface area contributed by atoms with Crippen molar-refractivity contribution in [1.29, 1.82) is 0 Å². The summed E-state index contributed by atoms with van der Waals surface area (Å²) in [5, 5.41) is 22.2. The summed E-state index contributed by atoms with van der Waals surface area (Å²) in [4.78, 5) is 20.4. The SMILES string of the molecule is O=C1C[C@H](O)CN1.O=C1C[C@H](O)CN1. The smallest absolute Gasteiger partial charge is 0.222 e. The standard InChI is InChI=1S/2C4H7NO2/c2*6-3-1-4(7)5-2-3/h2*3,6H,1-2H2,(H,5,7)/t2*3-/m00/s1. The van der Waals surface area contributed by atoms with Crippen LogP contribution < -0.4 is 10.6 Å². The second-order valence-electron chi connectivity index (χ2n) is 3.32. The molecule has 0 bridgehead atoms. The van der Waals surface area contributed by atoms with Gasteiger partial charge in [0.05, 0.1) is 25.0 Å². The first kappa shape index (κ1) is 10.9. The largest absolute Gasteiger partial charge is 0.391 e. The van der Waals surface area contributed by atoms with E-state index in [9.17, 15) is 9.59 Å². The van der Waals surface area contributed by atoms with Crippen LogP contribution in [0.5, 0.6) is 0 Å². The fourth-order valence-corrected chi connectivity index (χ4v) is 1.18. The predicted molar refractivity (Wildman–Crippen MR) is 47.3 cm³/mol. The maximum absolute atomic E-state index is 10.2. The number of nitrogens with one attached hydrogen (secondary N) is 2. The Balaban J connectivity index is 0.000000140. The lowest BCUT2D eigenvalue weighted by atomic mass is 10.3. The van der Waals surface area contributed by atoms with Gasteiger partial charge in [0.2, 0.25) is 11.8 Å². The van der Waals surface area contributed by atoms with Gasteiger partial charge in [0, 0.05) is 13.1 Å².